The summed E-state index contributed by atoms with van der Waals surface area (Å²) in [6, 6.07) is 14.1. The minimum atomic E-state index is -0.241. The lowest BCUT2D eigenvalue weighted by atomic mass is 9.98. The van der Waals surface area contributed by atoms with Gasteiger partial charge in [-0.3, -0.25) is 10.1 Å². The molecule has 2 aromatic carbocycles. The van der Waals surface area contributed by atoms with E-state index in [1.54, 1.807) is 0 Å². The van der Waals surface area contributed by atoms with Gasteiger partial charge in [0, 0.05) is 28.7 Å². The summed E-state index contributed by atoms with van der Waals surface area (Å²) in [7, 11) is 2.12. The molecule has 3 heterocycles. The lowest BCUT2D eigenvalue weighted by Gasteiger charge is -2.24. The topological polar surface area (TPSA) is 84.1 Å². The third-order valence-corrected chi connectivity index (χ3v) is 7.18. The van der Waals surface area contributed by atoms with E-state index in [1.165, 1.54) is 33.8 Å². The average Bonchev–Trinajstić information content (AvgIpc) is 3.32. The van der Waals surface area contributed by atoms with Crippen molar-refractivity contribution in [2.75, 3.05) is 24.6 Å². The Hall–Kier alpha value is -2.81. The van der Waals surface area contributed by atoms with Gasteiger partial charge in [-0.15, -0.1) is 21.5 Å². The van der Waals surface area contributed by atoms with Crippen LogP contribution in [-0.4, -0.2) is 34.6 Å². The number of rotatable bonds is 3. The van der Waals surface area contributed by atoms with Gasteiger partial charge in [0.05, 0.1) is 5.69 Å². The number of nitrogens with zero attached hydrogens (tertiary/aromatic N) is 3. The second-order valence-corrected chi connectivity index (χ2v) is 9.21. The van der Waals surface area contributed by atoms with Crippen LogP contribution in [0.4, 0.5) is 10.8 Å². The number of carbonyl (C=O) groups is 1. The number of thiophene rings is 1. The molecule has 0 bridgehead atoms. The number of carbonyl (C=O) groups excluding carboxylic acids is 1. The molecule has 0 saturated heterocycles. The van der Waals surface area contributed by atoms with Crippen LogP contribution in [0.25, 0.3) is 20.7 Å². The van der Waals surface area contributed by atoms with Crippen molar-refractivity contribution in [2.45, 2.75) is 13.0 Å². The first kappa shape index (κ1) is 18.2. The van der Waals surface area contributed by atoms with Crippen molar-refractivity contribution >= 4 is 49.5 Å². The Labute approximate surface area is 176 Å². The molecule has 29 heavy (non-hydrogen) atoms. The maximum Gasteiger partial charge on any atom is 0.269 e. The molecule has 0 radical (unpaired) electrons. The van der Waals surface area contributed by atoms with E-state index in [1.807, 2.05) is 30.3 Å². The molecule has 8 heteroatoms. The van der Waals surface area contributed by atoms with Crippen molar-refractivity contribution < 1.29 is 4.79 Å². The van der Waals surface area contributed by atoms with Gasteiger partial charge in [-0.1, -0.05) is 41.7 Å². The molecule has 0 atom stereocenters. The smallest absolute Gasteiger partial charge is 0.269 e. The van der Waals surface area contributed by atoms with Crippen molar-refractivity contribution in [3.63, 3.8) is 0 Å². The Bertz CT molecular complexity index is 1210. The zero-order valence-corrected chi connectivity index (χ0v) is 17.4. The molecule has 0 fully saturated rings. The van der Waals surface area contributed by atoms with Crippen LogP contribution in [0.2, 0.25) is 0 Å². The SMILES string of the molecule is CN1CCc2cc3sc(C(=O)Nc4nnc(-c5ccccc5)s4)c(N)c3cc2C1. The Balaban J connectivity index is 1.43. The molecule has 5 rings (SSSR count). The zero-order chi connectivity index (χ0) is 20.0. The van der Waals surface area contributed by atoms with E-state index < -0.39 is 0 Å². The normalized spacial score (nSPS) is 14.1. The molecule has 0 spiro atoms. The Morgan fingerprint density at radius 3 is 2.79 bits per heavy atom. The summed E-state index contributed by atoms with van der Waals surface area (Å²) >= 11 is 2.78. The van der Waals surface area contributed by atoms with Crippen LogP contribution in [-0.2, 0) is 13.0 Å². The van der Waals surface area contributed by atoms with E-state index in [0.29, 0.717) is 15.7 Å². The van der Waals surface area contributed by atoms with Gasteiger partial charge in [0.15, 0.2) is 0 Å². The minimum Gasteiger partial charge on any atom is -0.397 e. The van der Waals surface area contributed by atoms with Gasteiger partial charge in [0.25, 0.3) is 5.91 Å². The number of amides is 1. The molecule has 0 unspecified atom stereocenters. The first-order valence-corrected chi connectivity index (χ1v) is 10.9. The summed E-state index contributed by atoms with van der Waals surface area (Å²) < 4.78 is 1.05. The molecule has 0 aliphatic carbocycles. The molecule has 1 amide bonds. The summed E-state index contributed by atoms with van der Waals surface area (Å²) in [5.41, 5.74) is 10.5. The minimum absolute atomic E-state index is 0.241. The number of hydrogen-bond donors (Lipinski definition) is 2. The fraction of sp³-hybridized carbons (Fsp3) is 0.190. The monoisotopic (exact) mass is 421 g/mol. The number of anilines is 2. The van der Waals surface area contributed by atoms with Gasteiger partial charge in [0.2, 0.25) is 5.13 Å². The van der Waals surface area contributed by atoms with E-state index in [4.69, 9.17) is 5.73 Å². The number of hydrogen-bond acceptors (Lipinski definition) is 7. The summed E-state index contributed by atoms with van der Waals surface area (Å²) in [6.45, 7) is 1.96. The summed E-state index contributed by atoms with van der Waals surface area (Å²) in [5.74, 6) is -0.241. The van der Waals surface area contributed by atoms with E-state index in [9.17, 15) is 4.79 Å². The van der Waals surface area contributed by atoms with Crippen LogP contribution in [0.1, 0.15) is 20.8 Å². The van der Waals surface area contributed by atoms with Crippen LogP contribution < -0.4 is 11.1 Å². The maximum atomic E-state index is 12.9. The van der Waals surface area contributed by atoms with Gasteiger partial charge < -0.3 is 10.6 Å². The Kier molecular flexibility index (Phi) is 4.54. The van der Waals surface area contributed by atoms with E-state index in [-0.39, 0.29) is 5.91 Å². The average molecular weight is 422 g/mol. The van der Waals surface area contributed by atoms with Gasteiger partial charge in [-0.2, -0.15) is 0 Å². The largest absolute Gasteiger partial charge is 0.397 e. The van der Waals surface area contributed by atoms with E-state index in [2.05, 4.69) is 39.6 Å². The van der Waals surface area contributed by atoms with Crippen LogP contribution in [0, 0.1) is 0 Å². The molecule has 3 N–H and O–H groups in total. The molecule has 1 aliphatic heterocycles. The highest BCUT2D eigenvalue weighted by Crippen LogP contribution is 2.37. The molecule has 0 saturated carbocycles. The highest BCUT2D eigenvalue weighted by atomic mass is 32.1. The molecule has 146 valence electrons. The van der Waals surface area contributed by atoms with Gasteiger partial charge in [-0.25, -0.2) is 0 Å². The summed E-state index contributed by atoms with van der Waals surface area (Å²) in [4.78, 5) is 15.7. The van der Waals surface area contributed by atoms with Gasteiger partial charge >= 0.3 is 0 Å². The number of benzene rings is 2. The van der Waals surface area contributed by atoms with Crippen LogP contribution in [0.3, 0.4) is 0 Å². The molecular weight excluding hydrogens is 402 g/mol. The Morgan fingerprint density at radius 1 is 1.14 bits per heavy atom. The fourth-order valence-electron chi connectivity index (χ4n) is 3.60. The highest BCUT2D eigenvalue weighted by molar-refractivity contribution is 7.22. The van der Waals surface area contributed by atoms with Crippen molar-refractivity contribution in [1.29, 1.82) is 0 Å². The predicted molar refractivity (Wildman–Crippen MR) is 120 cm³/mol. The maximum absolute atomic E-state index is 12.9. The number of nitrogens with two attached hydrogens (primary N) is 1. The van der Waals surface area contributed by atoms with Crippen LogP contribution >= 0.6 is 22.7 Å². The lowest BCUT2D eigenvalue weighted by Crippen LogP contribution is -2.26. The third-order valence-electron chi connectivity index (χ3n) is 5.12. The zero-order valence-electron chi connectivity index (χ0n) is 15.8. The number of nitrogens with one attached hydrogen (secondary N) is 1. The third kappa shape index (κ3) is 3.39. The van der Waals surface area contributed by atoms with Crippen molar-refractivity contribution in [1.82, 2.24) is 15.1 Å². The number of fused-ring (bicyclic) bond motifs is 2. The highest BCUT2D eigenvalue weighted by Gasteiger charge is 2.21. The first-order chi connectivity index (χ1) is 14.1. The second kappa shape index (κ2) is 7.22. The molecule has 2 aromatic heterocycles. The number of aromatic nitrogens is 2. The fourth-order valence-corrected chi connectivity index (χ4v) is 5.41. The quantitative estimate of drug-likeness (QED) is 0.517. The van der Waals surface area contributed by atoms with Crippen LogP contribution in [0.5, 0.6) is 0 Å². The Morgan fingerprint density at radius 2 is 1.97 bits per heavy atom. The molecule has 4 aromatic rings. The van der Waals surface area contributed by atoms with E-state index >= 15 is 0 Å². The first-order valence-electron chi connectivity index (χ1n) is 9.31. The van der Waals surface area contributed by atoms with Crippen molar-refractivity contribution in [3.05, 3.63) is 58.5 Å². The molecular formula is C21H19N5OS2. The van der Waals surface area contributed by atoms with Gasteiger partial charge in [0.1, 0.15) is 9.88 Å². The predicted octanol–water partition coefficient (Wildman–Crippen LogP) is 4.24. The number of nitrogen functional groups attached to an aromatic ring is 1. The summed E-state index contributed by atoms with van der Waals surface area (Å²) in [5, 5.41) is 13.3. The van der Waals surface area contributed by atoms with E-state index in [0.717, 1.165) is 40.2 Å². The molecule has 1 aliphatic rings. The standard InChI is InChI=1S/C21H19N5OS2/c1-26-8-7-13-10-16-15(9-14(13)11-26)17(22)18(28-16)19(27)23-21-25-24-20(29-21)12-5-3-2-4-6-12/h2-6,9-10H,7-8,11,22H2,1H3,(H,23,25,27). The van der Waals surface area contributed by atoms with Crippen LogP contribution in [0.15, 0.2) is 42.5 Å². The van der Waals surface area contributed by atoms with Crippen molar-refractivity contribution in [2.24, 2.45) is 0 Å². The second-order valence-electron chi connectivity index (χ2n) is 7.18. The van der Waals surface area contributed by atoms with Gasteiger partial charge in [-0.05, 0) is 36.7 Å². The molecule has 6 nitrogen and oxygen atoms in total. The summed E-state index contributed by atoms with van der Waals surface area (Å²) in [6.07, 6.45) is 1.02. The lowest BCUT2D eigenvalue weighted by molar-refractivity contribution is 0.103. The number of likely N-dealkylation sites (N-methyl/N-ethyl adjacent to an activating group) is 1. The van der Waals surface area contributed by atoms with Crippen molar-refractivity contribution in [3.8, 4) is 10.6 Å².